The Balaban J connectivity index is 1.25. The molecule has 8 atom stereocenters. The molecule has 0 radical (unpaired) electrons. The number of ketones is 1. The highest BCUT2D eigenvalue weighted by atomic mass is 35.5. The van der Waals surface area contributed by atoms with E-state index in [1.165, 1.54) is 5.57 Å². The van der Waals surface area contributed by atoms with E-state index in [9.17, 15) is 19.5 Å². The van der Waals surface area contributed by atoms with E-state index in [1.54, 1.807) is 13.8 Å². The van der Waals surface area contributed by atoms with Crippen molar-refractivity contribution in [2.24, 2.45) is 57.6 Å². The van der Waals surface area contributed by atoms with Crippen LogP contribution in [0.25, 0.3) is 11.4 Å². The van der Waals surface area contributed by atoms with Crippen molar-refractivity contribution in [2.75, 3.05) is 0 Å². The van der Waals surface area contributed by atoms with Crippen LogP contribution >= 0.6 is 11.6 Å². The van der Waals surface area contributed by atoms with Gasteiger partial charge in [-0.25, -0.2) is 0 Å². The molecule has 0 aliphatic heterocycles. The van der Waals surface area contributed by atoms with Gasteiger partial charge in [-0.2, -0.15) is 0 Å². The molecule has 0 spiro atoms. The van der Waals surface area contributed by atoms with Gasteiger partial charge in [0.15, 0.2) is 11.6 Å². The van der Waals surface area contributed by atoms with Crippen LogP contribution in [0.15, 0.2) is 35.4 Å². The van der Waals surface area contributed by atoms with Gasteiger partial charge in [0.25, 0.3) is 0 Å². The number of benzene rings is 1. The van der Waals surface area contributed by atoms with Gasteiger partial charge in [-0.05, 0) is 135 Å². The summed E-state index contributed by atoms with van der Waals surface area (Å²) in [5, 5.41) is 20.0. The Hall–Kier alpha value is -3.04. The topological polar surface area (TPSA) is 137 Å². The van der Waals surface area contributed by atoms with Crippen LogP contribution < -0.4 is 5.73 Å². The average Bonchev–Trinajstić information content (AvgIpc) is 3.61. The van der Waals surface area contributed by atoms with Crippen LogP contribution in [0.1, 0.15) is 132 Å². The fraction of sp³-hybridized carbons (Fsp3) is 0.705. The number of allylic oxidation sites excluding steroid dienone is 2. The smallest absolute Gasteiger partial charge is 0.309 e. The number of carboxylic acids is 1. The molecule has 4 saturated carbocycles. The van der Waals surface area contributed by atoms with Gasteiger partial charge in [0.2, 0.25) is 0 Å². The molecule has 5 aliphatic rings. The van der Waals surface area contributed by atoms with Crippen LogP contribution in [-0.2, 0) is 31.6 Å². The maximum atomic E-state index is 14.3. The maximum absolute atomic E-state index is 14.3. The quantitative estimate of drug-likeness (QED) is 0.267. The molecule has 9 nitrogen and oxygen atoms in total. The second-order valence-corrected chi connectivity index (χ2v) is 20.5. The van der Waals surface area contributed by atoms with Crippen molar-refractivity contribution in [1.82, 2.24) is 14.8 Å². The molecule has 54 heavy (non-hydrogen) atoms. The Kier molecular flexibility index (Phi) is 9.06. The second kappa shape index (κ2) is 12.5. The number of fused-ring (bicyclic) bond motifs is 7. The van der Waals surface area contributed by atoms with Gasteiger partial charge in [-0.15, -0.1) is 10.2 Å². The molecule has 0 amide bonds. The standard InChI is InChI=1S/C44H61ClN4O5/c1-25(2)33-29(50)23-43(36-48-47-35(49(36)10)26-11-13-27(45)14-12-26)22-21-40(7)28(34(33)43)15-20-44(46)41(8)18-17-31(54-32(51)24-38(3,4)37(52)53)39(5,6)30(41)16-19-42(40,44)9/h11-14,25,28,30-31H,15-24,46H2,1-10H3,(H,52,53)/t28-,30+,31+,40-,41+,42+,43-,44?/m1/s1. The number of nitrogens with two attached hydrogens (primary N) is 1. The highest BCUT2D eigenvalue weighted by Gasteiger charge is 2.75. The SMILES string of the molecule is CC(C)C1=C2[C@H]3CCC4(N)[C@@]5(C)CC[C@H](OC(=O)CC(C)(C)C(=O)O)C(C)(C)[C@@H]5CC[C@@]4(C)[C@]3(C)CC[C@@]2(c2nnc(-c3ccc(Cl)cc3)n2C)CC1=O. The Labute approximate surface area is 326 Å². The lowest BCUT2D eigenvalue weighted by Crippen LogP contribution is -2.78. The first-order chi connectivity index (χ1) is 25.0. The average molecular weight is 761 g/mol. The normalized spacial score (nSPS) is 37.4. The number of hydrogen-bond donors (Lipinski definition) is 2. The minimum absolute atomic E-state index is 0.0890. The van der Waals surface area contributed by atoms with Crippen molar-refractivity contribution < 1.29 is 24.2 Å². The lowest BCUT2D eigenvalue weighted by molar-refractivity contribution is -0.242. The molecule has 1 aromatic carbocycles. The molecule has 10 heteroatoms. The highest BCUT2D eigenvalue weighted by molar-refractivity contribution is 6.30. The minimum atomic E-state index is -1.19. The van der Waals surface area contributed by atoms with Crippen LogP contribution in [0.3, 0.4) is 0 Å². The van der Waals surface area contributed by atoms with Gasteiger partial charge >= 0.3 is 11.9 Å². The van der Waals surface area contributed by atoms with Gasteiger partial charge in [0, 0.05) is 35.0 Å². The number of hydrogen-bond acceptors (Lipinski definition) is 7. The number of aromatic nitrogens is 3. The van der Waals surface area contributed by atoms with E-state index in [0.717, 1.165) is 67.7 Å². The van der Waals surface area contributed by atoms with E-state index < -0.39 is 28.3 Å². The monoisotopic (exact) mass is 760 g/mol. The zero-order valence-electron chi connectivity index (χ0n) is 34.1. The number of rotatable bonds is 7. The number of halogens is 1. The van der Waals surface area contributed by atoms with Crippen molar-refractivity contribution in [1.29, 1.82) is 0 Å². The van der Waals surface area contributed by atoms with Crippen LogP contribution in [0.4, 0.5) is 0 Å². The van der Waals surface area contributed by atoms with Crippen LogP contribution in [0.5, 0.6) is 0 Å². The third kappa shape index (κ3) is 5.14. The van der Waals surface area contributed by atoms with Gasteiger partial charge in [0.1, 0.15) is 11.9 Å². The predicted molar refractivity (Wildman–Crippen MR) is 209 cm³/mol. The molecule has 7 rings (SSSR count). The molecule has 294 valence electrons. The summed E-state index contributed by atoms with van der Waals surface area (Å²) in [7, 11) is 2.04. The Morgan fingerprint density at radius 3 is 2.28 bits per heavy atom. The fourth-order valence-corrected chi connectivity index (χ4v) is 13.5. The lowest BCUT2D eigenvalue weighted by atomic mass is 9.30. The summed E-state index contributed by atoms with van der Waals surface area (Å²) in [4.78, 5) is 39.2. The third-order valence-electron chi connectivity index (χ3n) is 16.6. The predicted octanol–water partition coefficient (Wildman–Crippen LogP) is 8.86. The summed E-state index contributed by atoms with van der Waals surface area (Å²) in [6, 6.07) is 7.69. The zero-order valence-corrected chi connectivity index (χ0v) is 34.8. The van der Waals surface area contributed by atoms with Gasteiger partial charge in [-0.1, -0.05) is 60.1 Å². The van der Waals surface area contributed by atoms with E-state index >= 15 is 0 Å². The Morgan fingerprint density at radius 2 is 1.65 bits per heavy atom. The van der Waals surface area contributed by atoms with Crippen molar-refractivity contribution in [3.63, 3.8) is 0 Å². The number of carbonyl (C=O) groups excluding carboxylic acids is 2. The summed E-state index contributed by atoms with van der Waals surface area (Å²) < 4.78 is 8.29. The lowest BCUT2D eigenvalue weighted by Gasteiger charge is -2.76. The summed E-state index contributed by atoms with van der Waals surface area (Å²) in [6.07, 6.45) is 6.88. The van der Waals surface area contributed by atoms with E-state index in [1.807, 2.05) is 31.3 Å². The summed E-state index contributed by atoms with van der Waals surface area (Å²) in [6.45, 7) is 19.3. The highest BCUT2D eigenvalue weighted by Crippen LogP contribution is 2.77. The number of esters is 1. The van der Waals surface area contributed by atoms with Crippen molar-refractivity contribution in [3.05, 3.63) is 46.3 Å². The molecular weight excluding hydrogens is 700 g/mol. The number of nitrogens with zero attached hydrogens (tertiary/aromatic N) is 3. The minimum Gasteiger partial charge on any atom is -0.481 e. The van der Waals surface area contributed by atoms with Crippen LogP contribution in [-0.4, -0.2) is 49.2 Å². The number of ether oxygens (including phenoxy) is 1. The molecule has 0 saturated heterocycles. The van der Waals surface area contributed by atoms with Crippen molar-refractivity contribution >= 4 is 29.3 Å². The summed E-state index contributed by atoms with van der Waals surface area (Å²) in [5.41, 5.74) is 8.17. The van der Waals surface area contributed by atoms with Gasteiger partial charge in [-0.3, -0.25) is 14.4 Å². The summed E-state index contributed by atoms with van der Waals surface area (Å²) in [5.74, 6) is 0.913. The number of Topliss-reactive ketones (excluding diaryl/α,β-unsaturated/α-hetero) is 1. The van der Waals surface area contributed by atoms with E-state index in [2.05, 4.69) is 53.0 Å². The molecule has 0 bridgehead atoms. The Bertz CT molecular complexity index is 1930. The molecule has 3 N–H and O–H groups in total. The van der Waals surface area contributed by atoms with Crippen LogP contribution in [0.2, 0.25) is 5.02 Å². The number of carbonyl (C=O) groups is 3. The van der Waals surface area contributed by atoms with E-state index in [0.29, 0.717) is 17.9 Å². The van der Waals surface area contributed by atoms with E-state index in [-0.39, 0.29) is 57.7 Å². The largest absolute Gasteiger partial charge is 0.481 e. The van der Waals surface area contributed by atoms with Gasteiger partial charge in [0.05, 0.1) is 17.3 Å². The Morgan fingerprint density at radius 1 is 0.981 bits per heavy atom. The van der Waals surface area contributed by atoms with Crippen LogP contribution in [0, 0.1) is 44.8 Å². The molecule has 1 heterocycles. The van der Waals surface area contributed by atoms with Gasteiger partial charge < -0.3 is 20.1 Å². The molecule has 5 aliphatic carbocycles. The van der Waals surface area contributed by atoms with Crippen molar-refractivity contribution in [3.8, 4) is 11.4 Å². The first-order valence-corrected chi connectivity index (χ1v) is 20.5. The molecular formula is C44H61ClN4O5. The van der Waals surface area contributed by atoms with E-state index in [4.69, 9.17) is 32.3 Å². The summed E-state index contributed by atoms with van der Waals surface area (Å²) >= 11 is 6.23. The fourth-order valence-electron chi connectivity index (χ4n) is 13.4. The number of aliphatic carboxylic acids is 1. The number of carboxylic acid groups (broad SMARTS) is 1. The van der Waals surface area contributed by atoms with Crippen molar-refractivity contribution in [2.45, 2.75) is 144 Å². The maximum Gasteiger partial charge on any atom is 0.309 e. The first kappa shape index (κ1) is 39.2. The first-order valence-electron chi connectivity index (χ1n) is 20.2. The molecule has 1 unspecified atom stereocenters. The molecule has 4 fully saturated rings. The second-order valence-electron chi connectivity index (χ2n) is 20.1. The third-order valence-corrected chi connectivity index (χ3v) is 16.9. The molecule has 2 aromatic rings. The molecule has 1 aromatic heterocycles. The zero-order chi connectivity index (χ0) is 39.6.